The maximum absolute atomic E-state index is 15.4. The molecule has 4 rings (SSSR count). The predicted octanol–water partition coefficient (Wildman–Crippen LogP) is -0.889. The van der Waals surface area contributed by atoms with Gasteiger partial charge in [0.1, 0.15) is 49.0 Å². The molecule has 0 unspecified atom stereocenters. The summed E-state index contributed by atoms with van der Waals surface area (Å²) in [5.74, 6) is -13.9. The van der Waals surface area contributed by atoms with E-state index in [0.29, 0.717) is 10.6 Å². The van der Waals surface area contributed by atoms with Gasteiger partial charge in [0.25, 0.3) is 11.8 Å². The molecule has 25 nitrogen and oxygen atoms in total. The normalized spacial score (nSPS) is 14.0. The number of aliphatic hydroxyl groups is 1. The molecule has 3 aromatic rings. The molecule has 0 spiro atoms. The molecule has 0 saturated carbocycles. The number of imide groups is 1. The number of hydrogen-bond acceptors (Lipinski definition) is 13. The SMILES string of the molecule is C[C@H](NC(=O)CNC(=O)CN1C(=O)C=CC1=O)C(=O)N[C@@H](CC(N)=O)C(=O)N[C@@H](CCN(C(=O)CO)[C@@H](c1cc(-c2cc(F)ccc2F)cn1Cc1ccccc1)C(C)(C)C)C(=O)NCCC(=O)N[C@@H](CCC(=O)O)C(=O)O. The number of nitrogens with one attached hydrogen (secondary N) is 6. The van der Waals surface area contributed by atoms with Crippen molar-refractivity contribution in [3.8, 4) is 11.1 Å². The van der Waals surface area contributed by atoms with E-state index in [1.165, 1.54) is 11.8 Å². The van der Waals surface area contributed by atoms with Crippen LogP contribution in [0.2, 0.25) is 0 Å². The Labute approximate surface area is 445 Å². The predicted molar refractivity (Wildman–Crippen MR) is 269 cm³/mol. The maximum atomic E-state index is 15.4. The summed E-state index contributed by atoms with van der Waals surface area (Å²) in [4.78, 5) is 154. The molecule has 10 amide bonds. The summed E-state index contributed by atoms with van der Waals surface area (Å²) in [5.41, 5.74) is 5.74. The molecule has 27 heteroatoms. The molecule has 11 N–H and O–H groups in total. The Morgan fingerprint density at radius 3 is 2.00 bits per heavy atom. The number of carbonyl (C=O) groups is 12. The summed E-state index contributed by atoms with van der Waals surface area (Å²) >= 11 is 0. The summed E-state index contributed by atoms with van der Waals surface area (Å²) in [6.45, 7) is 3.10. The number of nitrogens with two attached hydrogens (primary N) is 1. The van der Waals surface area contributed by atoms with E-state index in [1.54, 1.807) is 55.8 Å². The second-order valence-electron chi connectivity index (χ2n) is 19.1. The van der Waals surface area contributed by atoms with Crippen LogP contribution in [0.4, 0.5) is 8.78 Å². The number of carbonyl (C=O) groups excluding carboxylic acids is 10. The number of halogens is 2. The van der Waals surface area contributed by atoms with Gasteiger partial charge in [-0.15, -0.1) is 0 Å². The van der Waals surface area contributed by atoms with Crippen LogP contribution >= 0.6 is 0 Å². The molecular formula is C51H62F2N10O15. The molecule has 0 radical (unpaired) electrons. The molecular weight excluding hydrogens is 1030 g/mol. The summed E-state index contributed by atoms with van der Waals surface area (Å²) < 4.78 is 31.7. The number of aliphatic hydroxyl groups excluding tert-OH is 1. The Morgan fingerprint density at radius 1 is 0.744 bits per heavy atom. The quantitative estimate of drug-likeness (QED) is 0.0377. The van der Waals surface area contributed by atoms with E-state index in [4.69, 9.17) is 10.8 Å². The van der Waals surface area contributed by atoms with E-state index >= 15 is 4.39 Å². The second kappa shape index (κ2) is 28.3. The van der Waals surface area contributed by atoms with Crippen LogP contribution in [0.25, 0.3) is 11.1 Å². The third kappa shape index (κ3) is 18.4. The van der Waals surface area contributed by atoms with Crippen molar-refractivity contribution in [2.45, 2.75) is 96.6 Å². The van der Waals surface area contributed by atoms with E-state index in [9.17, 15) is 72.1 Å². The van der Waals surface area contributed by atoms with Gasteiger partial charge in [0.05, 0.1) is 19.0 Å². The lowest BCUT2D eigenvalue weighted by atomic mass is 9.82. The van der Waals surface area contributed by atoms with Crippen LogP contribution in [0.15, 0.2) is 72.9 Å². The van der Waals surface area contributed by atoms with Crippen LogP contribution in [-0.4, -0.2) is 158 Å². The lowest BCUT2D eigenvalue weighted by Gasteiger charge is -2.41. The lowest BCUT2D eigenvalue weighted by Crippen LogP contribution is -2.58. The molecule has 78 heavy (non-hydrogen) atoms. The van der Waals surface area contributed by atoms with Gasteiger partial charge < -0.3 is 62.4 Å². The number of nitrogens with zero attached hydrogens (tertiary/aromatic N) is 3. The highest BCUT2D eigenvalue weighted by molar-refractivity contribution is 6.14. The van der Waals surface area contributed by atoms with Crippen LogP contribution in [0.3, 0.4) is 0 Å². The molecule has 420 valence electrons. The van der Waals surface area contributed by atoms with Crippen LogP contribution in [-0.2, 0) is 64.1 Å². The third-order valence-electron chi connectivity index (χ3n) is 11.9. The van der Waals surface area contributed by atoms with Crippen molar-refractivity contribution in [2.24, 2.45) is 11.1 Å². The number of aliphatic carboxylic acids is 2. The zero-order chi connectivity index (χ0) is 58.0. The van der Waals surface area contributed by atoms with E-state index in [0.717, 1.165) is 35.9 Å². The fraction of sp³-hybridized carbons (Fsp3) is 0.412. The molecule has 0 bridgehead atoms. The Bertz CT molecular complexity index is 2780. The van der Waals surface area contributed by atoms with Crippen LogP contribution in [0.1, 0.15) is 77.1 Å². The molecule has 2 aromatic carbocycles. The Morgan fingerprint density at radius 2 is 1.40 bits per heavy atom. The van der Waals surface area contributed by atoms with E-state index in [1.807, 2.05) is 12.1 Å². The standard InChI is InChI=1S/C51H62F2N10O15/c1-28(57-40(67)23-56-41(68)26-63-42(69)13-14-43(63)70)47(74)60-36(22-38(54)65)49(76)59-34(48(75)55-18-16-39(66)58-35(50(77)78)12-15-45(72)73)17-19-62(44(71)27-64)46(51(2,3)4)37-20-30(32-21-31(52)10-11-33(32)53)25-61(37)24-29-8-6-5-7-9-29/h5-11,13-14,20-21,25,28,34-36,46,64H,12,15-19,22-24,26-27H2,1-4H3,(H2,54,65)(H,55,75)(H,56,68)(H,57,67)(H,58,66)(H,59,76)(H,60,74)(H,72,73)(H,77,78)/t28-,34-,35-,36-,46-/m0/s1. The highest BCUT2D eigenvalue weighted by Crippen LogP contribution is 2.41. The van der Waals surface area contributed by atoms with Gasteiger partial charge in [0, 0.05) is 67.6 Å². The molecule has 1 aromatic heterocycles. The van der Waals surface area contributed by atoms with Gasteiger partial charge in [-0.2, -0.15) is 0 Å². The zero-order valence-corrected chi connectivity index (χ0v) is 43.0. The topological polar surface area (TPSA) is 375 Å². The fourth-order valence-corrected chi connectivity index (χ4v) is 8.15. The molecule has 0 saturated heterocycles. The van der Waals surface area contributed by atoms with Crippen LogP contribution < -0.4 is 37.6 Å². The van der Waals surface area contributed by atoms with Crippen molar-refractivity contribution >= 4 is 71.0 Å². The summed E-state index contributed by atoms with van der Waals surface area (Å²) in [7, 11) is 0. The minimum atomic E-state index is -1.85. The molecule has 5 atom stereocenters. The molecule has 2 heterocycles. The van der Waals surface area contributed by atoms with Gasteiger partial charge in [-0.3, -0.25) is 57.6 Å². The zero-order valence-electron chi connectivity index (χ0n) is 43.0. The smallest absolute Gasteiger partial charge is 0.326 e. The van der Waals surface area contributed by atoms with Crippen molar-refractivity contribution < 1.29 is 81.6 Å². The van der Waals surface area contributed by atoms with Crippen molar-refractivity contribution in [3.63, 3.8) is 0 Å². The number of benzene rings is 2. The van der Waals surface area contributed by atoms with Gasteiger partial charge >= 0.3 is 11.9 Å². The lowest BCUT2D eigenvalue weighted by molar-refractivity contribution is -0.143. The molecule has 0 aliphatic carbocycles. The Hall–Kier alpha value is -8.88. The van der Waals surface area contributed by atoms with Gasteiger partial charge in [0.2, 0.25) is 47.3 Å². The first-order valence-electron chi connectivity index (χ1n) is 24.3. The Balaban J connectivity index is 1.65. The molecule has 1 aliphatic rings. The van der Waals surface area contributed by atoms with Crippen molar-refractivity contribution in [1.29, 1.82) is 0 Å². The fourth-order valence-electron chi connectivity index (χ4n) is 8.15. The number of aromatic nitrogens is 1. The van der Waals surface area contributed by atoms with Gasteiger partial charge in [0.15, 0.2) is 0 Å². The van der Waals surface area contributed by atoms with Crippen molar-refractivity contribution in [1.82, 2.24) is 46.3 Å². The van der Waals surface area contributed by atoms with Crippen molar-refractivity contribution in [2.75, 3.05) is 32.8 Å². The van der Waals surface area contributed by atoms with Gasteiger partial charge in [-0.25, -0.2) is 13.6 Å². The number of carboxylic acids is 2. The highest BCUT2D eigenvalue weighted by atomic mass is 19.1. The first-order valence-corrected chi connectivity index (χ1v) is 24.3. The number of primary amides is 1. The van der Waals surface area contributed by atoms with Crippen LogP contribution in [0, 0.1) is 17.0 Å². The molecule has 0 fully saturated rings. The van der Waals surface area contributed by atoms with Gasteiger partial charge in [-0.1, -0.05) is 51.1 Å². The first kappa shape index (κ1) is 61.7. The monoisotopic (exact) mass is 1090 g/mol. The average molecular weight is 1090 g/mol. The maximum Gasteiger partial charge on any atom is 0.326 e. The Kier molecular flexibility index (Phi) is 22.4. The first-order chi connectivity index (χ1) is 36.7. The van der Waals surface area contributed by atoms with Gasteiger partial charge in [-0.05, 0) is 55.0 Å². The highest BCUT2D eigenvalue weighted by Gasteiger charge is 2.39. The minimum Gasteiger partial charge on any atom is -0.481 e. The van der Waals surface area contributed by atoms with Crippen molar-refractivity contribution in [3.05, 3.63) is 95.8 Å². The number of carboxylic acid groups (broad SMARTS) is 2. The largest absolute Gasteiger partial charge is 0.481 e. The average Bonchev–Trinajstić information content (AvgIpc) is 4.00. The number of hydrogen-bond donors (Lipinski definition) is 10. The second-order valence-corrected chi connectivity index (χ2v) is 19.1. The third-order valence-corrected chi connectivity index (χ3v) is 11.9. The van der Waals surface area contributed by atoms with Crippen LogP contribution in [0.5, 0.6) is 0 Å². The van der Waals surface area contributed by atoms with E-state index in [2.05, 4.69) is 31.9 Å². The summed E-state index contributed by atoms with van der Waals surface area (Å²) in [6.07, 6.45) is 0.459. The summed E-state index contributed by atoms with van der Waals surface area (Å²) in [5, 5.41) is 42.6. The van der Waals surface area contributed by atoms with E-state index < -0.39 is 183 Å². The van der Waals surface area contributed by atoms with E-state index in [-0.39, 0.29) is 17.7 Å². The minimum absolute atomic E-state index is 0.105. The summed E-state index contributed by atoms with van der Waals surface area (Å²) in [6, 6.07) is 5.76. The number of rotatable bonds is 29. The molecule has 1 aliphatic heterocycles. The number of amides is 10.